The summed E-state index contributed by atoms with van der Waals surface area (Å²) in [5, 5.41) is 5.55. The maximum absolute atomic E-state index is 12.2. The Morgan fingerprint density at radius 3 is 2.52 bits per heavy atom. The van der Waals surface area contributed by atoms with Crippen molar-refractivity contribution in [3.05, 3.63) is 59.9 Å². The average molecular weight is 312 g/mol. The highest BCUT2D eigenvalue weighted by Crippen LogP contribution is 2.09. The van der Waals surface area contributed by atoms with Crippen LogP contribution in [0.4, 0.5) is 5.69 Å². The number of pyridine rings is 1. The number of nitrogens with zero attached hydrogens (tertiary/aromatic N) is 2. The van der Waals surface area contributed by atoms with Gasteiger partial charge in [-0.2, -0.15) is 0 Å². The molecule has 2 aromatic rings. The van der Waals surface area contributed by atoms with E-state index in [1.165, 1.54) is 12.3 Å². The number of nitrogens with one attached hydrogen (secondary N) is 2. The summed E-state index contributed by atoms with van der Waals surface area (Å²) in [4.78, 5) is 30.2. The van der Waals surface area contributed by atoms with Gasteiger partial charge >= 0.3 is 0 Å². The van der Waals surface area contributed by atoms with Crippen molar-refractivity contribution in [3.63, 3.8) is 0 Å². The van der Waals surface area contributed by atoms with E-state index >= 15 is 0 Å². The minimum atomic E-state index is -0.291. The smallest absolute Gasteiger partial charge is 0.269 e. The van der Waals surface area contributed by atoms with Crippen molar-refractivity contribution in [1.82, 2.24) is 15.2 Å². The molecular weight excluding hydrogens is 292 g/mol. The van der Waals surface area contributed by atoms with Crippen LogP contribution in [0, 0.1) is 0 Å². The predicted molar refractivity (Wildman–Crippen MR) is 89.5 cm³/mol. The van der Waals surface area contributed by atoms with Gasteiger partial charge in [0.1, 0.15) is 5.69 Å². The highest BCUT2D eigenvalue weighted by Gasteiger charge is 2.11. The summed E-state index contributed by atoms with van der Waals surface area (Å²) in [6.45, 7) is 1.26. The Morgan fingerprint density at radius 2 is 1.83 bits per heavy atom. The van der Waals surface area contributed by atoms with Crippen LogP contribution in [0.25, 0.3) is 0 Å². The zero-order valence-corrected chi connectivity index (χ0v) is 13.2. The van der Waals surface area contributed by atoms with Crippen LogP contribution in [0.1, 0.15) is 20.8 Å². The number of carbonyl (C=O) groups excluding carboxylic acids is 2. The van der Waals surface area contributed by atoms with Crippen LogP contribution < -0.4 is 10.6 Å². The second kappa shape index (κ2) is 8.05. The molecule has 0 aliphatic rings. The van der Waals surface area contributed by atoms with Crippen LogP contribution in [0.2, 0.25) is 0 Å². The molecule has 0 spiro atoms. The van der Waals surface area contributed by atoms with Gasteiger partial charge in [-0.3, -0.25) is 14.6 Å². The number of benzene rings is 1. The normalized spacial score (nSPS) is 10.4. The second-order valence-electron chi connectivity index (χ2n) is 5.31. The molecule has 0 bridgehead atoms. The summed E-state index contributed by atoms with van der Waals surface area (Å²) in [7, 11) is 3.86. The van der Waals surface area contributed by atoms with E-state index in [0.29, 0.717) is 17.8 Å². The van der Waals surface area contributed by atoms with Gasteiger partial charge in [-0.15, -0.1) is 0 Å². The third-order valence-electron chi connectivity index (χ3n) is 3.13. The lowest BCUT2D eigenvalue weighted by molar-refractivity contribution is 0.0946. The summed E-state index contributed by atoms with van der Waals surface area (Å²) in [6.07, 6.45) is 1.46. The van der Waals surface area contributed by atoms with Crippen molar-refractivity contribution in [2.24, 2.45) is 0 Å². The number of carbonyl (C=O) groups is 2. The van der Waals surface area contributed by atoms with Crippen molar-refractivity contribution < 1.29 is 9.59 Å². The van der Waals surface area contributed by atoms with E-state index in [2.05, 4.69) is 15.6 Å². The molecule has 0 fully saturated rings. The molecule has 23 heavy (non-hydrogen) atoms. The van der Waals surface area contributed by atoms with Gasteiger partial charge in [-0.25, -0.2) is 0 Å². The topological polar surface area (TPSA) is 74.3 Å². The van der Waals surface area contributed by atoms with Gasteiger partial charge in [0.15, 0.2) is 0 Å². The first kappa shape index (κ1) is 16.6. The molecule has 0 saturated carbocycles. The molecule has 2 amide bonds. The molecule has 0 unspecified atom stereocenters. The molecule has 0 radical (unpaired) electrons. The van der Waals surface area contributed by atoms with Gasteiger partial charge in [0.2, 0.25) is 0 Å². The van der Waals surface area contributed by atoms with E-state index in [-0.39, 0.29) is 17.5 Å². The first-order valence-electron chi connectivity index (χ1n) is 7.31. The van der Waals surface area contributed by atoms with Crippen molar-refractivity contribution in [2.45, 2.75) is 0 Å². The quantitative estimate of drug-likeness (QED) is 0.850. The van der Waals surface area contributed by atoms with Gasteiger partial charge < -0.3 is 15.5 Å². The first-order valence-corrected chi connectivity index (χ1v) is 7.31. The third-order valence-corrected chi connectivity index (χ3v) is 3.13. The fraction of sp³-hybridized carbons (Fsp3) is 0.235. The fourth-order valence-corrected chi connectivity index (χ4v) is 1.90. The van der Waals surface area contributed by atoms with Gasteiger partial charge in [-0.1, -0.05) is 18.2 Å². The molecule has 0 aliphatic carbocycles. The van der Waals surface area contributed by atoms with Crippen molar-refractivity contribution in [3.8, 4) is 0 Å². The molecule has 1 aromatic heterocycles. The highest BCUT2D eigenvalue weighted by molar-refractivity contribution is 6.05. The lowest BCUT2D eigenvalue weighted by atomic mass is 10.2. The Morgan fingerprint density at radius 1 is 1.09 bits per heavy atom. The molecule has 1 heterocycles. The average Bonchev–Trinajstić information content (AvgIpc) is 2.55. The van der Waals surface area contributed by atoms with Gasteiger partial charge in [0.25, 0.3) is 11.8 Å². The SMILES string of the molecule is CN(C)CCNC(=O)c1cc(C(=O)Nc2ccccc2)ccn1. The number of rotatable bonds is 6. The van der Waals surface area contributed by atoms with Gasteiger partial charge in [0.05, 0.1) is 0 Å². The Kier molecular flexibility index (Phi) is 5.82. The number of anilines is 1. The largest absolute Gasteiger partial charge is 0.349 e. The molecule has 0 saturated heterocycles. The van der Waals surface area contributed by atoms with Gasteiger partial charge in [-0.05, 0) is 38.4 Å². The molecular formula is C17H20N4O2. The third kappa shape index (κ3) is 5.19. The number of likely N-dealkylation sites (N-methyl/N-ethyl adjacent to an activating group) is 1. The van der Waals surface area contributed by atoms with Crippen LogP contribution in [0.5, 0.6) is 0 Å². The van der Waals surface area contributed by atoms with E-state index in [0.717, 1.165) is 6.54 Å². The number of para-hydroxylation sites is 1. The first-order chi connectivity index (χ1) is 11.1. The minimum Gasteiger partial charge on any atom is -0.349 e. The Hall–Kier alpha value is -2.73. The van der Waals surface area contributed by atoms with Crippen molar-refractivity contribution in [2.75, 3.05) is 32.5 Å². The standard InChI is InChI=1S/C17H20N4O2/c1-21(2)11-10-19-17(23)15-12-13(8-9-18-15)16(22)20-14-6-4-3-5-7-14/h3-9,12H,10-11H2,1-2H3,(H,19,23)(H,20,22). The lowest BCUT2D eigenvalue weighted by Crippen LogP contribution is -2.32. The lowest BCUT2D eigenvalue weighted by Gasteiger charge is -2.10. The summed E-state index contributed by atoms with van der Waals surface area (Å²) < 4.78 is 0. The maximum atomic E-state index is 12.2. The zero-order chi connectivity index (χ0) is 16.7. The summed E-state index contributed by atoms with van der Waals surface area (Å²) in [6, 6.07) is 12.2. The van der Waals surface area contributed by atoms with Crippen LogP contribution in [-0.2, 0) is 0 Å². The molecule has 2 rings (SSSR count). The summed E-state index contributed by atoms with van der Waals surface area (Å²) >= 11 is 0. The van der Waals surface area contributed by atoms with E-state index in [1.54, 1.807) is 18.2 Å². The van der Waals surface area contributed by atoms with Gasteiger partial charge in [0, 0.05) is 30.5 Å². The molecule has 0 atom stereocenters. The zero-order valence-electron chi connectivity index (χ0n) is 13.2. The maximum Gasteiger partial charge on any atom is 0.269 e. The number of hydrogen-bond acceptors (Lipinski definition) is 4. The van der Waals surface area contributed by atoms with Crippen molar-refractivity contribution >= 4 is 17.5 Å². The summed E-state index contributed by atoms with van der Waals surface area (Å²) in [5.41, 5.74) is 1.32. The van der Waals surface area contributed by atoms with Crippen LogP contribution in [-0.4, -0.2) is 48.9 Å². The number of amides is 2. The fourth-order valence-electron chi connectivity index (χ4n) is 1.90. The monoisotopic (exact) mass is 312 g/mol. The number of hydrogen-bond donors (Lipinski definition) is 2. The van der Waals surface area contributed by atoms with Crippen LogP contribution in [0.15, 0.2) is 48.7 Å². The van der Waals surface area contributed by atoms with E-state index in [4.69, 9.17) is 0 Å². The van der Waals surface area contributed by atoms with E-state index in [1.807, 2.05) is 37.2 Å². The summed E-state index contributed by atoms with van der Waals surface area (Å²) in [5.74, 6) is -0.567. The Balaban J connectivity index is 2.01. The molecule has 6 nitrogen and oxygen atoms in total. The minimum absolute atomic E-state index is 0.226. The second-order valence-corrected chi connectivity index (χ2v) is 5.31. The molecule has 1 aromatic carbocycles. The Bertz CT molecular complexity index is 671. The van der Waals surface area contributed by atoms with Crippen molar-refractivity contribution in [1.29, 1.82) is 0 Å². The Labute approximate surface area is 135 Å². The molecule has 120 valence electrons. The van der Waals surface area contributed by atoms with E-state index in [9.17, 15) is 9.59 Å². The molecule has 6 heteroatoms. The number of aromatic nitrogens is 1. The van der Waals surface area contributed by atoms with Crippen LogP contribution in [0.3, 0.4) is 0 Å². The van der Waals surface area contributed by atoms with Crippen LogP contribution >= 0.6 is 0 Å². The molecule has 0 aliphatic heterocycles. The van der Waals surface area contributed by atoms with E-state index < -0.39 is 0 Å². The highest BCUT2D eigenvalue weighted by atomic mass is 16.2. The molecule has 2 N–H and O–H groups in total. The predicted octanol–water partition coefficient (Wildman–Crippen LogP) is 1.63.